The quantitative estimate of drug-likeness (QED) is 0.868. The number of anilines is 2. The highest BCUT2D eigenvalue weighted by molar-refractivity contribution is 7.15. The summed E-state index contributed by atoms with van der Waals surface area (Å²) in [4.78, 5) is 5.27. The molecular weight excluding hydrogens is 250 g/mol. The Morgan fingerprint density at radius 1 is 1.33 bits per heavy atom. The highest BCUT2D eigenvalue weighted by Gasteiger charge is 2.07. The molecule has 2 aromatic rings. The van der Waals surface area contributed by atoms with Crippen LogP contribution < -0.4 is 20.5 Å². The van der Waals surface area contributed by atoms with Gasteiger partial charge in [-0.25, -0.2) is 4.98 Å². The van der Waals surface area contributed by atoms with E-state index in [9.17, 15) is 0 Å². The molecule has 3 N–H and O–H groups in total. The molecule has 0 saturated carbocycles. The van der Waals surface area contributed by atoms with Crippen LogP contribution in [0.15, 0.2) is 24.4 Å². The smallest absolute Gasteiger partial charge is 0.187 e. The minimum atomic E-state index is 0.499. The second kappa shape index (κ2) is 5.70. The van der Waals surface area contributed by atoms with Crippen molar-refractivity contribution in [3.05, 3.63) is 29.3 Å². The molecule has 0 aliphatic heterocycles. The second-order valence-electron chi connectivity index (χ2n) is 3.53. The number of rotatable bonds is 5. The number of hydrogen-bond donors (Lipinski definition) is 2. The zero-order chi connectivity index (χ0) is 13.0. The van der Waals surface area contributed by atoms with Crippen molar-refractivity contribution in [3.8, 4) is 11.5 Å². The number of thiazole rings is 1. The lowest BCUT2D eigenvalue weighted by molar-refractivity contribution is 0.395. The van der Waals surface area contributed by atoms with E-state index in [0.717, 1.165) is 21.4 Å². The summed E-state index contributed by atoms with van der Waals surface area (Å²) < 4.78 is 10.4. The SMILES string of the molecule is COc1ccc(Nc2ncc(CN)s2)c(OC)c1. The molecule has 0 fully saturated rings. The minimum absolute atomic E-state index is 0.499. The lowest BCUT2D eigenvalue weighted by Gasteiger charge is -2.10. The molecule has 0 atom stereocenters. The Kier molecular flexibility index (Phi) is 4.01. The first-order valence-corrected chi connectivity index (χ1v) is 6.22. The Hall–Kier alpha value is -1.79. The Morgan fingerprint density at radius 2 is 2.17 bits per heavy atom. The molecule has 0 radical (unpaired) electrons. The van der Waals surface area contributed by atoms with Crippen LogP contribution >= 0.6 is 11.3 Å². The molecule has 0 saturated heterocycles. The van der Waals surface area contributed by atoms with Gasteiger partial charge >= 0.3 is 0 Å². The van der Waals surface area contributed by atoms with Crippen molar-refractivity contribution in [1.29, 1.82) is 0 Å². The van der Waals surface area contributed by atoms with Crippen LogP contribution in [0.4, 0.5) is 10.8 Å². The van der Waals surface area contributed by atoms with Gasteiger partial charge in [-0.05, 0) is 12.1 Å². The van der Waals surface area contributed by atoms with E-state index in [2.05, 4.69) is 10.3 Å². The predicted octanol–water partition coefficient (Wildman–Crippen LogP) is 2.36. The molecule has 0 bridgehead atoms. The fourth-order valence-corrected chi connectivity index (χ4v) is 2.18. The first-order chi connectivity index (χ1) is 8.76. The monoisotopic (exact) mass is 265 g/mol. The van der Waals surface area contributed by atoms with Gasteiger partial charge in [0, 0.05) is 23.7 Å². The second-order valence-corrected chi connectivity index (χ2v) is 4.64. The molecule has 18 heavy (non-hydrogen) atoms. The molecular formula is C12H15N3O2S. The maximum Gasteiger partial charge on any atom is 0.187 e. The summed E-state index contributed by atoms with van der Waals surface area (Å²) in [6, 6.07) is 5.57. The molecule has 1 aromatic heterocycles. The van der Waals surface area contributed by atoms with Gasteiger partial charge in [0.05, 0.1) is 19.9 Å². The van der Waals surface area contributed by atoms with Gasteiger partial charge in [-0.15, -0.1) is 11.3 Å². The van der Waals surface area contributed by atoms with Gasteiger partial charge in [-0.3, -0.25) is 0 Å². The van der Waals surface area contributed by atoms with Gasteiger partial charge in [0.2, 0.25) is 0 Å². The molecule has 5 nitrogen and oxygen atoms in total. The van der Waals surface area contributed by atoms with Crippen LogP contribution in [0.5, 0.6) is 11.5 Å². The lowest BCUT2D eigenvalue weighted by Crippen LogP contribution is -1.95. The summed E-state index contributed by atoms with van der Waals surface area (Å²) in [6.07, 6.45) is 1.77. The summed E-state index contributed by atoms with van der Waals surface area (Å²) in [5.74, 6) is 1.46. The number of nitrogens with two attached hydrogens (primary N) is 1. The van der Waals surface area contributed by atoms with Crippen molar-refractivity contribution in [2.24, 2.45) is 5.73 Å². The van der Waals surface area contributed by atoms with Crippen LogP contribution in [0.25, 0.3) is 0 Å². The fraction of sp³-hybridized carbons (Fsp3) is 0.250. The maximum absolute atomic E-state index is 5.55. The molecule has 1 aromatic carbocycles. The number of benzene rings is 1. The number of methoxy groups -OCH3 is 2. The van der Waals surface area contributed by atoms with E-state index in [0.29, 0.717) is 12.3 Å². The van der Waals surface area contributed by atoms with Crippen LogP contribution in [0, 0.1) is 0 Å². The number of nitrogens with one attached hydrogen (secondary N) is 1. The van der Waals surface area contributed by atoms with E-state index in [1.807, 2.05) is 18.2 Å². The summed E-state index contributed by atoms with van der Waals surface area (Å²) >= 11 is 1.52. The average molecular weight is 265 g/mol. The van der Waals surface area contributed by atoms with Crippen LogP contribution in [0.1, 0.15) is 4.88 Å². The van der Waals surface area contributed by atoms with Crippen LogP contribution in [-0.4, -0.2) is 19.2 Å². The highest BCUT2D eigenvalue weighted by atomic mass is 32.1. The normalized spacial score (nSPS) is 10.2. The van der Waals surface area contributed by atoms with E-state index in [-0.39, 0.29) is 0 Å². The molecule has 96 valence electrons. The zero-order valence-corrected chi connectivity index (χ0v) is 11.1. The number of nitrogens with zero attached hydrogens (tertiary/aromatic N) is 1. The third-order valence-electron chi connectivity index (χ3n) is 2.41. The van der Waals surface area contributed by atoms with Crippen LogP contribution in [-0.2, 0) is 6.54 Å². The van der Waals surface area contributed by atoms with Crippen molar-refractivity contribution in [3.63, 3.8) is 0 Å². The van der Waals surface area contributed by atoms with Gasteiger partial charge < -0.3 is 20.5 Å². The topological polar surface area (TPSA) is 69.4 Å². The molecule has 0 spiro atoms. The molecule has 0 amide bonds. The minimum Gasteiger partial charge on any atom is -0.497 e. The third-order valence-corrected chi connectivity index (χ3v) is 3.34. The first kappa shape index (κ1) is 12.7. The van der Waals surface area contributed by atoms with Gasteiger partial charge in [-0.2, -0.15) is 0 Å². The van der Waals surface area contributed by atoms with Gasteiger partial charge in [0.15, 0.2) is 5.13 Å². The van der Waals surface area contributed by atoms with E-state index >= 15 is 0 Å². The third kappa shape index (κ3) is 2.72. The van der Waals surface area contributed by atoms with Gasteiger partial charge in [0.25, 0.3) is 0 Å². The maximum atomic E-state index is 5.55. The van der Waals surface area contributed by atoms with Crippen molar-refractivity contribution in [1.82, 2.24) is 4.98 Å². The summed E-state index contributed by atoms with van der Waals surface area (Å²) in [7, 11) is 3.24. The van der Waals surface area contributed by atoms with Crippen molar-refractivity contribution in [2.45, 2.75) is 6.54 Å². The molecule has 0 aliphatic carbocycles. The Balaban J connectivity index is 2.22. The van der Waals surface area contributed by atoms with Crippen molar-refractivity contribution >= 4 is 22.2 Å². The fourth-order valence-electron chi connectivity index (χ4n) is 1.48. The zero-order valence-electron chi connectivity index (χ0n) is 10.3. The van der Waals surface area contributed by atoms with E-state index in [4.69, 9.17) is 15.2 Å². The molecule has 1 heterocycles. The first-order valence-electron chi connectivity index (χ1n) is 5.40. The standard InChI is InChI=1S/C12H15N3O2S/c1-16-8-3-4-10(11(5-8)17-2)15-12-14-7-9(6-13)18-12/h3-5,7H,6,13H2,1-2H3,(H,14,15). The summed E-state index contributed by atoms with van der Waals surface area (Å²) in [6.45, 7) is 0.499. The number of hydrogen-bond acceptors (Lipinski definition) is 6. The predicted molar refractivity (Wildman–Crippen MR) is 72.8 cm³/mol. The van der Waals surface area contributed by atoms with Gasteiger partial charge in [-0.1, -0.05) is 0 Å². The highest BCUT2D eigenvalue weighted by Crippen LogP contribution is 2.32. The molecule has 6 heteroatoms. The Morgan fingerprint density at radius 3 is 2.78 bits per heavy atom. The average Bonchev–Trinajstić information content (AvgIpc) is 2.87. The Labute approximate surface area is 110 Å². The van der Waals surface area contributed by atoms with Crippen LogP contribution in [0.2, 0.25) is 0 Å². The van der Waals surface area contributed by atoms with E-state index in [1.165, 1.54) is 11.3 Å². The largest absolute Gasteiger partial charge is 0.497 e. The summed E-state index contributed by atoms with van der Waals surface area (Å²) in [5.41, 5.74) is 6.40. The van der Waals surface area contributed by atoms with Crippen molar-refractivity contribution in [2.75, 3.05) is 19.5 Å². The number of ether oxygens (including phenoxy) is 2. The number of aromatic nitrogens is 1. The molecule has 0 unspecified atom stereocenters. The Bertz CT molecular complexity index is 528. The lowest BCUT2D eigenvalue weighted by atomic mass is 10.3. The summed E-state index contributed by atoms with van der Waals surface area (Å²) in [5, 5.41) is 3.99. The van der Waals surface area contributed by atoms with Crippen LogP contribution in [0.3, 0.4) is 0 Å². The molecule has 2 rings (SSSR count). The van der Waals surface area contributed by atoms with Crippen molar-refractivity contribution < 1.29 is 9.47 Å². The molecule has 0 aliphatic rings. The van der Waals surface area contributed by atoms with E-state index in [1.54, 1.807) is 20.4 Å². The van der Waals surface area contributed by atoms with E-state index < -0.39 is 0 Å². The van der Waals surface area contributed by atoms with Gasteiger partial charge in [0.1, 0.15) is 11.5 Å².